The van der Waals surface area contributed by atoms with Crippen LogP contribution >= 0.6 is 35.6 Å². The summed E-state index contributed by atoms with van der Waals surface area (Å²) in [4.78, 5) is 6.26. The first-order chi connectivity index (χ1) is 15.7. The lowest BCUT2D eigenvalue weighted by molar-refractivity contribution is 0.381. The van der Waals surface area contributed by atoms with Crippen LogP contribution in [0.2, 0.25) is 10.0 Å². The van der Waals surface area contributed by atoms with Gasteiger partial charge in [0.25, 0.3) is 0 Å². The molecule has 3 heterocycles. The standard InChI is InChI=1S/C21H26Cl2N4O4S2.ClH/c22-20-2-1-19(15-21(20)23)33(30,31)27-9-5-17(16-27)6-14-32(28,29)26-12-10-25(11-13-26)18-3-7-24-8-4-18;/h1-4,7-8,15,17H,5-6,9-14,16H2;1H. The molecule has 2 aromatic rings. The van der Waals surface area contributed by atoms with Gasteiger partial charge < -0.3 is 4.90 Å². The summed E-state index contributed by atoms with van der Waals surface area (Å²) in [5, 5.41) is 0.477. The average Bonchev–Trinajstić information content (AvgIpc) is 3.30. The highest BCUT2D eigenvalue weighted by Gasteiger charge is 2.34. The molecule has 2 aliphatic heterocycles. The van der Waals surface area contributed by atoms with Gasteiger partial charge in [0.15, 0.2) is 0 Å². The van der Waals surface area contributed by atoms with Gasteiger partial charge in [-0.05, 0) is 49.1 Å². The number of pyridine rings is 1. The van der Waals surface area contributed by atoms with Crippen molar-refractivity contribution in [2.75, 3.05) is 49.9 Å². The number of aromatic nitrogens is 1. The van der Waals surface area contributed by atoms with Crippen LogP contribution in [0.3, 0.4) is 0 Å². The van der Waals surface area contributed by atoms with Crippen LogP contribution in [0.4, 0.5) is 5.69 Å². The number of anilines is 1. The van der Waals surface area contributed by atoms with Crippen molar-refractivity contribution in [2.45, 2.75) is 17.7 Å². The first-order valence-electron chi connectivity index (χ1n) is 10.7. The summed E-state index contributed by atoms with van der Waals surface area (Å²) in [5.74, 6) is 0.0172. The lowest BCUT2D eigenvalue weighted by Gasteiger charge is -2.35. The number of sulfonamides is 2. The molecule has 2 saturated heterocycles. The lowest BCUT2D eigenvalue weighted by atomic mass is 10.1. The highest BCUT2D eigenvalue weighted by molar-refractivity contribution is 7.89. The summed E-state index contributed by atoms with van der Waals surface area (Å²) in [6.45, 7) is 2.79. The molecule has 1 aromatic carbocycles. The Kier molecular flexibility index (Phi) is 9.11. The van der Waals surface area contributed by atoms with Gasteiger partial charge in [-0.2, -0.15) is 8.61 Å². The number of nitrogens with zero attached hydrogens (tertiary/aromatic N) is 4. The van der Waals surface area contributed by atoms with E-state index in [0.717, 1.165) is 5.69 Å². The molecule has 34 heavy (non-hydrogen) atoms. The monoisotopic (exact) mass is 568 g/mol. The fourth-order valence-corrected chi connectivity index (χ4v) is 7.79. The second-order valence-corrected chi connectivity index (χ2v) is 13.1. The first-order valence-corrected chi connectivity index (χ1v) is 14.6. The van der Waals surface area contributed by atoms with Gasteiger partial charge in [-0.3, -0.25) is 4.98 Å². The fraction of sp³-hybridized carbons (Fsp3) is 0.476. The Morgan fingerprint density at radius 1 is 0.882 bits per heavy atom. The number of hydrogen-bond acceptors (Lipinski definition) is 6. The molecule has 0 bridgehead atoms. The summed E-state index contributed by atoms with van der Waals surface area (Å²) in [7, 11) is -7.09. The van der Waals surface area contributed by atoms with E-state index in [1.165, 1.54) is 22.5 Å². The molecule has 0 spiro atoms. The second kappa shape index (κ2) is 11.3. The minimum atomic E-state index is -3.70. The molecule has 1 aromatic heterocycles. The maximum Gasteiger partial charge on any atom is 0.243 e. The number of rotatable bonds is 7. The minimum absolute atomic E-state index is 0. The highest BCUT2D eigenvalue weighted by Crippen LogP contribution is 2.30. The maximum absolute atomic E-state index is 12.9. The summed E-state index contributed by atoms with van der Waals surface area (Å²) < 4.78 is 54.6. The molecule has 188 valence electrons. The minimum Gasteiger partial charge on any atom is -0.369 e. The molecule has 1 atom stereocenters. The Hall–Kier alpha value is -1.14. The quantitative estimate of drug-likeness (QED) is 0.508. The normalized spacial score (nSPS) is 20.3. The summed E-state index contributed by atoms with van der Waals surface area (Å²) in [6.07, 6.45) is 4.52. The predicted octanol–water partition coefficient (Wildman–Crippen LogP) is 3.36. The van der Waals surface area contributed by atoms with Crippen LogP contribution in [0.25, 0.3) is 0 Å². The first kappa shape index (κ1) is 27.4. The summed E-state index contributed by atoms with van der Waals surface area (Å²) in [5.41, 5.74) is 1.04. The Morgan fingerprint density at radius 2 is 1.56 bits per heavy atom. The number of piperazine rings is 1. The van der Waals surface area contributed by atoms with Gasteiger partial charge in [-0.25, -0.2) is 16.8 Å². The number of benzene rings is 1. The van der Waals surface area contributed by atoms with Gasteiger partial charge in [-0.1, -0.05) is 23.2 Å². The van der Waals surface area contributed by atoms with E-state index in [1.54, 1.807) is 16.7 Å². The van der Waals surface area contributed by atoms with E-state index in [4.69, 9.17) is 23.2 Å². The second-order valence-electron chi connectivity index (χ2n) is 8.29. The smallest absolute Gasteiger partial charge is 0.243 e. The largest absolute Gasteiger partial charge is 0.369 e. The molecule has 8 nitrogen and oxygen atoms in total. The zero-order chi connectivity index (χ0) is 23.6. The molecule has 0 aliphatic carbocycles. The van der Waals surface area contributed by atoms with Crippen LogP contribution in [-0.2, 0) is 20.0 Å². The van der Waals surface area contributed by atoms with Crippen LogP contribution in [-0.4, -0.2) is 75.5 Å². The van der Waals surface area contributed by atoms with Gasteiger partial charge in [0.05, 0.1) is 20.7 Å². The van der Waals surface area contributed by atoms with E-state index >= 15 is 0 Å². The third kappa shape index (κ3) is 6.16. The van der Waals surface area contributed by atoms with Crippen LogP contribution < -0.4 is 4.90 Å². The van der Waals surface area contributed by atoms with Crippen LogP contribution in [0.15, 0.2) is 47.6 Å². The van der Waals surface area contributed by atoms with Crippen molar-refractivity contribution in [1.29, 1.82) is 0 Å². The number of halogens is 3. The molecular formula is C21H27Cl3N4O4S2. The van der Waals surface area contributed by atoms with Crippen LogP contribution in [0.5, 0.6) is 0 Å². The lowest BCUT2D eigenvalue weighted by Crippen LogP contribution is -2.49. The Balaban J connectivity index is 0.00000324. The van der Waals surface area contributed by atoms with E-state index in [1.807, 2.05) is 12.1 Å². The topological polar surface area (TPSA) is 90.9 Å². The van der Waals surface area contributed by atoms with Crippen molar-refractivity contribution >= 4 is 61.3 Å². The SMILES string of the molecule is Cl.O=S(=O)(CCC1CCN(S(=O)(=O)c2ccc(Cl)c(Cl)c2)C1)N1CCN(c2ccncc2)CC1. The molecule has 0 N–H and O–H groups in total. The molecule has 0 amide bonds. The van der Waals surface area contributed by atoms with Crippen molar-refractivity contribution in [3.8, 4) is 0 Å². The van der Waals surface area contributed by atoms with Gasteiger partial charge in [0, 0.05) is 57.3 Å². The highest BCUT2D eigenvalue weighted by atomic mass is 35.5. The molecule has 0 saturated carbocycles. The van der Waals surface area contributed by atoms with Crippen molar-refractivity contribution in [1.82, 2.24) is 13.6 Å². The van der Waals surface area contributed by atoms with Crippen molar-refractivity contribution in [3.63, 3.8) is 0 Å². The third-order valence-electron chi connectivity index (χ3n) is 6.22. The van der Waals surface area contributed by atoms with E-state index in [9.17, 15) is 16.8 Å². The van der Waals surface area contributed by atoms with E-state index in [2.05, 4.69) is 9.88 Å². The third-order valence-corrected chi connectivity index (χ3v) is 10.7. The molecule has 13 heteroatoms. The van der Waals surface area contributed by atoms with Crippen molar-refractivity contribution in [2.24, 2.45) is 5.92 Å². The predicted molar refractivity (Wildman–Crippen MR) is 137 cm³/mol. The molecule has 2 aliphatic rings. The van der Waals surface area contributed by atoms with E-state index in [-0.39, 0.29) is 34.0 Å². The van der Waals surface area contributed by atoms with Crippen LogP contribution in [0.1, 0.15) is 12.8 Å². The summed E-state index contributed by atoms with van der Waals surface area (Å²) >= 11 is 11.9. The Morgan fingerprint density at radius 3 is 2.21 bits per heavy atom. The van der Waals surface area contributed by atoms with Gasteiger partial charge in [0.2, 0.25) is 20.0 Å². The van der Waals surface area contributed by atoms with Gasteiger partial charge in [0.1, 0.15) is 0 Å². The van der Waals surface area contributed by atoms with Crippen molar-refractivity contribution < 1.29 is 16.8 Å². The zero-order valence-corrected chi connectivity index (χ0v) is 22.3. The Bertz CT molecular complexity index is 1190. The number of hydrogen-bond donors (Lipinski definition) is 0. The van der Waals surface area contributed by atoms with Gasteiger partial charge >= 0.3 is 0 Å². The van der Waals surface area contributed by atoms with E-state index in [0.29, 0.717) is 57.1 Å². The molecule has 2 fully saturated rings. The maximum atomic E-state index is 12.9. The zero-order valence-electron chi connectivity index (χ0n) is 18.4. The summed E-state index contributed by atoms with van der Waals surface area (Å²) in [6, 6.07) is 8.09. The van der Waals surface area contributed by atoms with Crippen LogP contribution in [0, 0.1) is 5.92 Å². The fourth-order valence-electron chi connectivity index (χ4n) is 4.26. The Labute approximate surface area is 217 Å². The molecule has 1 unspecified atom stereocenters. The molecular weight excluding hydrogens is 543 g/mol. The van der Waals surface area contributed by atoms with Gasteiger partial charge in [-0.15, -0.1) is 12.4 Å². The molecule has 0 radical (unpaired) electrons. The van der Waals surface area contributed by atoms with Crippen molar-refractivity contribution in [3.05, 3.63) is 52.8 Å². The average molecular weight is 570 g/mol. The molecule has 4 rings (SSSR count). The van der Waals surface area contributed by atoms with E-state index < -0.39 is 20.0 Å².